The number of aryl methyl sites for hydroxylation is 1. The minimum Gasteiger partial charge on any atom is -0.493 e. The third-order valence-corrected chi connectivity index (χ3v) is 6.38. The van der Waals surface area contributed by atoms with Gasteiger partial charge >= 0.3 is 0 Å². The molecule has 1 aliphatic rings. The molecule has 0 unspecified atom stereocenters. The van der Waals surface area contributed by atoms with Gasteiger partial charge in [0, 0.05) is 36.7 Å². The van der Waals surface area contributed by atoms with Gasteiger partial charge in [-0.15, -0.1) is 0 Å². The third-order valence-electron chi connectivity index (χ3n) is 6.38. The molecule has 2 amide bonds. The molecule has 0 aromatic heterocycles. The molecule has 0 bridgehead atoms. The summed E-state index contributed by atoms with van der Waals surface area (Å²) >= 11 is 0. The average Bonchev–Trinajstić information content (AvgIpc) is 3.32. The van der Waals surface area contributed by atoms with Crippen LogP contribution in [0.25, 0.3) is 0 Å². The molecule has 1 fully saturated rings. The molecule has 1 aliphatic heterocycles. The third kappa shape index (κ3) is 4.91. The Morgan fingerprint density at radius 2 is 1.65 bits per heavy atom. The number of amides is 2. The van der Waals surface area contributed by atoms with E-state index >= 15 is 0 Å². The molecule has 34 heavy (non-hydrogen) atoms. The molecule has 0 aliphatic carbocycles. The summed E-state index contributed by atoms with van der Waals surface area (Å²) in [5.41, 5.74) is 3.60. The van der Waals surface area contributed by atoms with Gasteiger partial charge in [0.25, 0.3) is 5.91 Å². The van der Waals surface area contributed by atoms with Crippen molar-refractivity contribution < 1.29 is 19.1 Å². The molecule has 3 aromatic rings. The smallest absolute Gasteiger partial charge is 0.253 e. The molecular weight excluding hydrogens is 428 g/mol. The first-order valence-electron chi connectivity index (χ1n) is 11.4. The molecule has 1 N–H and O–H groups in total. The Labute approximate surface area is 200 Å². The van der Waals surface area contributed by atoms with Crippen molar-refractivity contribution in [2.75, 3.05) is 27.3 Å². The van der Waals surface area contributed by atoms with Crippen molar-refractivity contribution in [2.24, 2.45) is 5.92 Å². The van der Waals surface area contributed by atoms with E-state index in [4.69, 9.17) is 9.47 Å². The minimum absolute atomic E-state index is 0.0785. The maximum Gasteiger partial charge on any atom is 0.253 e. The highest BCUT2D eigenvalue weighted by Gasteiger charge is 2.42. The summed E-state index contributed by atoms with van der Waals surface area (Å²) < 4.78 is 11.2. The summed E-state index contributed by atoms with van der Waals surface area (Å²) in [4.78, 5) is 28.4. The largest absolute Gasteiger partial charge is 0.493 e. The van der Waals surface area contributed by atoms with E-state index in [2.05, 4.69) is 5.32 Å². The lowest BCUT2D eigenvalue weighted by Gasteiger charge is -2.21. The van der Waals surface area contributed by atoms with Crippen LogP contribution in [0.3, 0.4) is 0 Å². The molecule has 0 saturated carbocycles. The number of nitrogens with zero attached hydrogens (tertiary/aromatic N) is 1. The van der Waals surface area contributed by atoms with Crippen molar-refractivity contribution in [3.05, 3.63) is 95.1 Å². The number of para-hydroxylation sites is 1. The molecule has 0 spiro atoms. The van der Waals surface area contributed by atoms with Crippen molar-refractivity contribution >= 4 is 11.8 Å². The second-order valence-electron chi connectivity index (χ2n) is 8.58. The van der Waals surface area contributed by atoms with Crippen molar-refractivity contribution in [3.63, 3.8) is 0 Å². The van der Waals surface area contributed by atoms with Gasteiger partial charge in [-0.3, -0.25) is 9.59 Å². The SMILES string of the molecule is COc1cccc([C@@H]2CN(C(=O)c3ccc(C)cc3)C[C@H]2C(=O)NCc2ccccc2)c1OC. The standard InChI is InChI=1S/C28H30N2O4/c1-19-12-14-21(15-13-19)28(32)30-17-23(22-10-7-11-25(33-2)26(22)34-3)24(18-30)27(31)29-16-20-8-5-4-6-9-20/h4-15,23-24H,16-18H2,1-3H3,(H,29,31)/t23-,24+/m0/s1. The Morgan fingerprint density at radius 3 is 2.32 bits per heavy atom. The van der Waals surface area contributed by atoms with Crippen LogP contribution in [0, 0.1) is 12.8 Å². The van der Waals surface area contributed by atoms with E-state index in [0.717, 1.165) is 16.7 Å². The average molecular weight is 459 g/mol. The fourth-order valence-corrected chi connectivity index (χ4v) is 4.55. The molecular formula is C28H30N2O4. The zero-order chi connectivity index (χ0) is 24.1. The summed E-state index contributed by atoms with van der Waals surface area (Å²) in [6, 6.07) is 23.0. The van der Waals surface area contributed by atoms with E-state index in [-0.39, 0.29) is 17.7 Å². The van der Waals surface area contributed by atoms with Crippen LogP contribution < -0.4 is 14.8 Å². The number of methoxy groups -OCH3 is 2. The Hall–Kier alpha value is -3.80. The molecule has 2 atom stereocenters. The molecule has 1 saturated heterocycles. The first-order chi connectivity index (χ1) is 16.5. The lowest BCUT2D eigenvalue weighted by Crippen LogP contribution is -2.35. The zero-order valence-electron chi connectivity index (χ0n) is 19.8. The minimum atomic E-state index is -0.417. The van der Waals surface area contributed by atoms with Gasteiger partial charge in [-0.1, -0.05) is 60.2 Å². The van der Waals surface area contributed by atoms with Gasteiger partial charge in [0.1, 0.15) is 0 Å². The lowest BCUT2D eigenvalue weighted by atomic mass is 9.87. The maximum absolute atomic E-state index is 13.4. The summed E-state index contributed by atoms with van der Waals surface area (Å²) in [6.45, 7) is 3.17. The van der Waals surface area contributed by atoms with E-state index < -0.39 is 5.92 Å². The number of hydrogen-bond acceptors (Lipinski definition) is 4. The van der Waals surface area contributed by atoms with Crippen molar-refractivity contribution in [1.29, 1.82) is 0 Å². The van der Waals surface area contributed by atoms with Crippen LogP contribution >= 0.6 is 0 Å². The van der Waals surface area contributed by atoms with Crippen LogP contribution in [0.2, 0.25) is 0 Å². The normalized spacial score (nSPS) is 17.3. The second kappa shape index (κ2) is 10.4. The fourth-order valence-electron chi connectivity index (χ4n) is 4.55. The van der Waals surface area contributed by atoms with E-state index in [1.165, 1.54) is 0 Å². The number of ether oxygens (including phenoxy) is 2. The molecule has 1 heterocycles. The number of carbonyl (C=O) groups excluding carboxylic acids is 2. The highest BCUT2D eigenvalue weighted by molar-refractivity contribution is 5.95. The molecule has 0 radical (unpaired) electrons. The first kappa shape index (κ1) is 23.4. The number of hydrogen-bond donors (Lipinski definition) is 1. The maximum atomic E-state index is 13.4. The van der Waals surface area contributed by atoms with E-state index in [1.54, 1.807) is 19.1 Å². The van der Waals surface area contributed by atoms with Gasteiger partial charge in [-0.25, -0.2) is 0 Å². The lowest BCUT2D eigenvalue weighted by molar-refractivity contribution is -0.125. The van der Waals surface area contributed by atoms with Gasteiger partial charge < -0.3 is 19.7 Å². The number of carbonyl (C=O) groups is 2. The Balaban J connectivity index is 1.62. The number of nitrogens with one attached hydrogen (secondary N) is 1. The van der Waals surface area contributed by atoms with Crippen molar-refractivity contribution in [2.45, 2.75) is 19.4 Å². The molecule has 6 nitrogen and oxygen atoms in total. The second-order valence-corrected chi connectivity index (χ2v) is 8.58. The van der Waals surface area contributed by atoms with Gasteiger partial charge in [-0.05, 0) is 30.7 Å². The van der Waals surface area contributed by atoms with Crippen LogP contribution in [0.1, 0.15) is 33.0 Å². The quantitative estimate of drug-likeness (QED) is 0.577. The monoisotopic (exact) mass is 458 g/mol. The molecule has 3 aromatic carbocycles. The summed E-state index contributed by atoms with van der Waals surface area (Å²) in [5, 5.41) is 3.06. The van der Waals surface area contributed by atoms with Crippen LogP contribution in [0.5, 0.6) is 11.5 Å². The van der Waals surface area contributed by atoms with Crippen LogP contribution in [-0.2, 0) is 11.3 Å². The number of likely N-dealkylation sites (tertiary alicyclic amines) is 1. The number of rotatable bonds is 7. The summed E-state index contributed by atoms with van der Waals surface area (Å²) in [5.74, 6) is 0.393. The first-order valence-corrected chi connectivity index (χ1v) is 11.4. The van der Waals surface area contributed by atoms with Crippen molar-refractivity contribution in [1.82, 2.24) is 10.2 Å². The Bertz CT molecular complexity index is 1140. The predicted octanol–water partition coefficient (Wildman–Crippen LogP) is 4.18. The van der Waals surface area contributed by atoms with Gasteiger partial charge in [0.05, 0.1) is 20.1 Å². The highest BCUT2D eigenvalue weighted by Crippen LogP contribution is 2.42. The van der Waals surface area contributed by atoms with E-state index in [9.17, 15) is 9.59 Å². The molecule has 176 valence electrons. The molecule has 6 heteroatoms. The topological polar surface area (TPSA) is 67.9 Å². The van der Waals surface area contributed by atoms with Gasteiger partial charge in [0.15, 0.2) is 11.5 Å². The zero-order valence-corrected chi connectivity index (χ0v) is 19.8. The van der Waals surface area contributed by atoms with Crippen LogP contribution in [0.4, 0.5) is 0 Å². The molecule has 4 rings (SSSR count). The van der Waals surface area contributed by atoms with Crippen LogP contribution in [0.15, 0.2) is 72.8 Å². The predicted molar refractivity (Wildman–Crippen MR) is 131 cm³/mol. The van der Waals surface area contributed by atoms with Crippen molar-refractivity contribution in [3.8, 4) is 11.5 Å². The summed E-state index contributed by atoms with van der Waals surface area (Å²) in [6.07, 6.45) is 0. The van der Waals surface area contributed by atoms with Gasteiger partial charge in [0.2, 0.25) is 5.91 Å². The number of benzene rings is 3. The Kier molecular flexibility index (Phi) is 7.16. The fraction of sp³-hybridized carbons (Fsp3) is 0.286. The highest BCUT2D eigenvalue weighted by atomic mass is 16.5. The Morgan fingerprint density at radius 1 is 0.912 bits per heavy atom. The summed E-state index contributed by atoms with van der Waals surface area (Å²) in [7, 11) is 3.18. The van der Waals surface area contributed by atoms with Gasteiger partial charge in [-0.2, -0.15) is 0 Å². The van der Waals surface area contributed by atoms with E-state index in [1.807, 2.05) is 79.7 Å². The van der Waals surface area contributed by atoms with E-state index in [0.29, 0.717) is 36.7 Å². The van der Waals surface area contributed by atoms with Crippen LogP contribution in [-0.4, -0.2) is 44.0 Å².